The Hall–Kier alpha value is -3.41. The average Bonchev–Trinajstić information content (AvgIpc) is 3.19. The van der Waals surface area contributed by atoms with E-state index in [0.29, 0.717) is 13.0 Å². The monoisotopic (exact) mass is 525 g/mol. The summed E-state index contributed by atoms with van der Waals surface area (Å²) >= 11 is 0. The summed E-state index contributed by atoms with van der Waals surface area (Å²) in [5.41, 5.74) is 2.01. The maximum atomic E-state index is 13.3. The molecule has 5 heteroatoms. The second kappa shape index (κ2) is 10.8. The molecule has 4 rings (SSSR count). The first-order chi connectivity index (χ1) is 18.0. The zero-order valence-electron chi connectivity index (χ0n) is 23.5. The molecule has 0 amide bonds. The van der Waals surface area contributed by atoms with E-state index in [0.717, 1.165) is 22.2 Å². The average molecular weight is 526 g/mol. The highest BCUT2D eigenvalue weighted by Gasteiger charge is 2.50. The number of ether oxygens (including phenoxy) is 1. The van der Waals surface area contributed by atoms with Gasteiger partial charge in [0.1, 0.15) is 5.60 Å². The molecular formula is C33H39NO3Si. The van der Waals surface area contributed by atoms with Gasteiger partial charge >= 0.3 is 6.09 Å². The highest BCUT2D eigenvalue weighted by Crippen LogP contribution is 2.37. The Bertz CT molecular complexity index is 1370. The molecule has 0 N–H and O–H groups in total. The summed E-state index contributed by atoms with van der Waals surface area (Å²) in [6, 6.07) is 29.3. The van der Waals surface area contributed by atoms with Gasteiger partial charge in [-0.15, -0.1) is 0 Å². The molecule has 0 spiro atoms. The summed E-state index contributed by atoms with van der Waals surface area (Å²) in [5, 5.41) is 3.40. The van der Waals surface area contributed by atoms with Crippen LogP contribution < -0.4 is 10.4 Å². The lowest BCUT2D eigenvalue weighted by molar-refractivity contribution is 0.0543. The van der Waals surface area contributed by atoms with Crippen molar-refractivity contribution in [3.63, 3.8) is 0 Å². The van der Waals surface area contributed by atoms with Crippen LogP contribution in [0, 0.1) is 0 Å². The van der Waals surface area contributed by atoms with Crippen molar-refractivity contribution in [1.82, 2.24) is 4.57 Å². The van der Waals surface area contributed by atoms with Gasteiger partial charge in [0.05, 0.1) is 11.2 Å². The fraction of sp³-hybridized carbons (Fsp3) is 0.303. The maximum Gasteiger partial charge on any atom is 0.419 e. The molecule has 0 fully saturated rings. The van der Waals surface area contributed by atoms with Crippen LogP contribution in [0.4, 0.5) is 4.79 Å². The van der Waals surface area contributed by atoms with Crippen LogP contribution in [0.2, 0.25) is 5.04 Å². The van der Waals surface area contributed by atoms with E-state index in [1.165, 1.54) is 10.4 Å². The molecule has 4 nitrogen and oxygen atoms in total. The van der Waals surface area contributed by atoms with Crippen LogP contribution in [-0.2, 0) is 15.6 Å². The Kier molecular flexibility index (Phi) is 7.82. The van der Waals surface area contributed by atoms with Crippen LogP contribution in [0.25, 0.3) is 17.0 Å². The summed E-state index contributed by atoms with van der Waals surface area (Å²) < 4.78 is 14.6. The van der Waals surface area contributed by atoms with E-state index >= 15 is 0 Å². The third-order valence-electron chi connectivity index (χ3n) is 6.88. The number of aromatic nitrogens is 1. The second-order valence-corrected chi connectivity index (χ2v) is 16.0. The minimum atomic E-state index is -2.67. The van der Waals surface area contributed by atoms with Crippen LogP contribution in [0.3, 0.4) is 0 Å². The lowest BCUT2D eigenvalue weighted by Crippen LogP contribution is -2.66. The van der Waals surface area contributed by atoms with Crippen LogP contribution in [-0.4, -0.2) is 31.2 Å². The topological polar surface area (TPSA) is 40.5 Å². The largest absolute Gasteiger partial charge is 0.443 e. The Morgan fingerprint density at radius 1 is 0.842 bits per heavy atom. The maximum absolute atomic E-state index is 13.3. The van der Waals surface area contributed by atoms with Crippen molar-refractivity contribution >= 4 is 41.8 Å². The van der Waals surface area contributed by atoms with Crippen LogP contribution in [0.1, 0.15) is 52.8 Å². The Labute approximate surface area is 228 Å². The molecule has 0 bridgehead atoms. The molecule has 0 aliphatic heterocycles. The highest BCUT2D eigenvalue weighted by molar-refractivity contribution is 6.99. The van der Waals surface area contributed by atoms with Gasteiger partial charge in [-0.1, -0.05) is 106 Å². The quantitative estimate of drug-likeness (QED) is 0.240. The fourth-order valence-corrected chi connectivity index (χ4v) is 9.94. The molecule has 0 saturated carbocycles. The third kappa shape index (κ3) is 5.26. The van der Waals surface area contributed by atoms with E-state index in [9.17, 15) is 4.79 Å². The summed E-state index contributed by atoms with van der Waals surface area (Å²) in [5.74, 6) is 0. The molecule has 1 aromatic heterocycles. The molecule has 198 valence electrons. The molecule has 38 heavy (non-hydrogen) atoms. The molecule has 0 atom stereocenters. The van der Waals surface area contributed by atoms with Gasteiger partial charge in [0.2, 0.25) is 0 Å². The van der Waals surface area contributed by atoms with E-state index < -0.39 is 20.0 Å². The molecule has 1 heterocycles. The van der Waals surface area contributed by atoms with Gasteiger partial charge in [-0.05, 0) is 60.3 Å². The van der Waals surface area contributed by atoms with Crippen molar-refractivity contribution in [2.24, 2.45) is 0 Å². The first-order valence-corrected chi connectivity index (χ1v) is 15.1. The van der Waals surface area contributed by atoms with Gasteiger partial charge < -0.3 is 9.16 Å². The minimum absolute atomic E-state index is 0.110. The molecule has 4 aromatic rings. The van der Waals surface area contributed by atoms with E-state index in [1.807, 2.05) is 39.0 Å². The minimum Gasteiger partial charge on any atom is -0.443 e. The number of fused-ring (bicyclic) bond motifs is 1. The van der Waals surface area contributed by atoms with Gasteiger partial charge in [0, 0.05) is 12.0 Å². The van der Waals surface area contributed by atoms with Crippen molar-refractivity contribution in [2.75, 3.05) is 6.61 Å². The molecule has 0 radical (unpaired) electrons. The van der Waals surface area contributed by atoms with Crippen molar-refractivity contribution in [2.45, 2.75) is 58.6 Å². The molecule has 0 aliphatic rings. The summed E-state index contributed by atoms with van der Waals surface area (Å²) in [6.07, 6.45) is 1.99. The number of hydrogen-bond donors (Lipinski definition) is 0. The zero-order valence-corrected chi connectivity index (χ0v) is 24.5. The lowest BCUT2D eigenvalue weighted by Gasteiger charge is -2.43. The Balaban J connectivity index is 1.77. The van der Waals surface area contributed by atoms with Crippen LogP contribution >= 0.6 is 0 Å². The summed E-state index contributed by atoms with van der Waals surface area (Å²) in [4.78, 5) is 13.3. The van der Waals surface area contributed by atoms with Gasteiger partial charge in [-0.2, -0.15) is 0 Å². The molecule has 0 aliphatic carbocycles. The number of nitrogens with zero attached hydrogens (tertiary/aromatic N) is 1. The van der Waals surface area contributed by atoms with E-state index in [-0.39, 0.29) is 5.04 Å². The van der Waals surface area contributed by atoms with Crippen molar-refractivity contribution in [1.29, 1.82) is 0 Å². The van der Waals surface area contributed by atoms with Crippen molar-refractivity contribution in [3.05, 3.63) is 103 Å². The summed E-state index contributed by atoms with van der Waals surface area (Å²) in [7, 11) is -2.67. The van der Waals surface area contributed by atoms with E-state index in [1.54, 1.807) is 10.6 Å². The Morgan fingerprint density at radius 2 is 1.37 bits per heavy atom. The number of rotatable bonds is 7. The van der Waals surface area contributed by atoms with E-state index in [2.05, 4.69) is 94.1 Å². The number of para-hydroxylation sites is 1. The number of carbonyl (C=O) groups excluding carboxylic acids is 1. The normalized spacial score (nSPS) is 12.5. The lowest BCUT2D eigenvalue weighted by atomic mass is 10.1. The first-order valence-electron chi connectivity index (χ1n) is 13.2. The van der Waals surface area contributed by atoms with Crippen LogP contribution in [0.15, 0.2) is 91.5 Å². The van der Waals surface area contributed by atoms with E-state index in [4.69, 9.17) is 9.16 Å². The Morgan fingerprint density at radius 3 is 1.87 bits per heavy atom. The second-order valence-electron chi connectivity index (χ2n) is 11.7. The van der Waals surface area contributed by atoms with Gasteiger partial charge in [-0.3, -0.25) is 0 Å². The molecule has 3 aromatic carbocycles. The molecule has 0 saturated heterocycles. The van der Waals surface area contributed by atoms with Crippen molar-refractivity contribution < 1.29 is 14.0 Å². The van der Waals surface area contributed by atoms with Gasteiger partial charge in [0.15, 0.2) is 0 Å². The fourth-order valence-electron chi connectivity index (χ4n) is 5.38. The molecular weight excluding hydrogens is 486 g/mol. The van der Waals surface area contributed by atoms with Gasteiger partial charge in [-0.25, -0.2) is 9.36 Å². The SMILES string of the molecule is C=Cc1c(CCO[Si](c2ccccc2)(c2ccccc2)C(C)(C)C)c2ccccc2n1C(=O)OC(C)(C)C. The first kappa shape index (κ1) is 27.6. The summed E-state index contributed by atoms with van der Waals surface area (Å²) in [6.45, 7) is 17.0. The van der Waals surface area contributed by atoms with Crippen molar-refractivity contribution in [3.8, 4) is 0 Å². The number of benzene rings is 3. The number of carbonyl (C=O) groups is 1. The zero-order chi connectivity index (χ0) is 27.6. The van der Waals surface area contributed by atoms with Crippen LogP contribution in [0.5, 0.6) is 0 Å². The van der Waals surface area contributed by atoms with Gasteiger partial charge in [0.25, 0.3) is 8.32 Å². The highest BCUT2D eigenvalue weighted by atomic mass is 28.4. The predicted molar refractivity (Wildman–Crippen MR) is 161 cm³/mol. The predicted octanol–water partition coefficient (Wildman–Crippen LogP) is 7.19. The number of hydrogen-bond acceptors (Lipinski definition) is 3. The standard InChI is InChI=1S/C33H39NO3Si/c1-8-29-28(27-21-15-16-22-30(27)34(29)31(35)37-32(2,3)4)23-24-36-38(33(5,6)7,25-17-11-9-12-18-25)26-19-13-10-14-20-26/h8-22H,1,23-24H2,2-7H3. The smallest absolute Gasteiger partial charge is 0.419 e. The third-order valence-corrected chi connectivity index (χ3v) is 11.9. The molecule has 0 unspecified atom stereocenters.